The molecule has 0 bridgehead atoms. The monoisotopic (exact) mass is 210 g/mol. The first-order chi connectivity index (χ1) is 7.15. The van der Waals surface area contributed by atoms with Crippen molar-refractivity contribution in [1.29, 1.82) is 0 Å². The molecule has 1 N–H and O–H groups in total. The van der Waals surface area contributed by atoms with Crippen LogP contribution in [0.15, 0.2) is 22.8 Å². The number of hydrogen-bond acceptors (Lipinski definition) is 3. The van der Waals surface area contributed by atoms with E-state index in [4.69, 9.17) is 4.42 Å². The third kappa shape index (κ3) is 3.68. The highest BCUT2D eigenvalue weighted by Crippen LogP contribution is 2.17. The van der Waals surface area contributed by atoms with Crippen LogP contribution in [0.2, 0.25) is 0 Å². The smallest absolute Gasteiger partial charge is 0.122 e. The number of rotatable bonds is 6. The van der Waals surface area contributed by atoms with E-state index in [2.05, 4.69) is 38.2 Å². The Morgan fingerprint density at radius 3 is 2.67 bits per heavy atom. The maximum Gasteiger partial charge on any atom is 0.122 e. The molecule has 86 valence electrons. The summed E-state index contributed by atoms with van der Waals surface area (Å²) in [6, 6.07) is 4.84. The largest absolute Gasteiger partial charge is 0.468 e. The molecule has 3 nitrogen and oxygen atoms in total. The van der Waals surface area contributed by atoms with Crippen molar-refractivity contribution in [2.24, 2.45) is 0 Å². The van der Waals surface area contributed by atoms with Crippen molar-refractivity contribution < 1.29 is 4.42 Å². The van der Waals surface area contributed by atoms with Crippen molar-refractivity contribution in [2.45, 2.75) is 32.4 Å². The zero-order chi connectivity index (χ0) is 11.3. The minimum Gasteiger partial charge on any atom is -0.468 e. The van der Waals surface area contributed by atoms with Gasteiger partial charge in [-0.25, -0.2) is 0 Å². The van der Waals surface area contributed by atoms with Crippen molar-refractivity contribution in [3.8, 4) is 0 Å². The lowest BCUT2D eigenvalue weighted by Crippen LogP contribution is -2.35. The minimum absolute atomic E-state index is 0.314. The first-order valence-electron chi connectivity index (χ1n) is 5.58. The summed E-state index contributed by atoms with van der Waals surface area (Å²) in [5.41, 5.74) is 0. The number of nitrogens with one attached hydrogen (secondary N) is 1. The van der Waals surface area contributed by atoms with Gasteiger partial charge in [0.1, 0.15) is 5.76 Å². The molecule has 0 radical (unpaired) electrons. The zero-order valence-electron chi connectivity index (χ0n) is 10.2. The molecule has 0 amide bonds. The maximum atomic E-state index is 5.44. The first-order valence-corrected chi connectivity index (χ1v) is 5.58. The SMILES string of the molecule is CC[C@@H](C)NC[C@H](c1ccco1)N(C)C. The molecule has 1 rings (SSSR count). The average Bonchev–Trinajstić information content (AvgIpc) is 2.70. The van der Waals surface area contributed by atoms with E-state index in [1.54, 1.807) is 6.26 Å². The molecule has 2 atom stereocenters. The third-order valence-corrected chi connectivity index (χ3v) is 2.77. The Bertz CT molecular complexity index is 257. The summed E-state index contributed by atoms with van der Waals surface area (Å²) in [7, 11) is 4.15. The number of furan rings is 1. The van der Waals surface area contributed by atoms with Crippen LogP contribution in [0.1, 0.15) is 32.1 Å². The summed E-state index contributed by atoms with van der Waals surface area (Å²) >= 11 is 0. The Labute approximate surface area is 92.5 Å². The molecule has 0 aliphatic carbocycles. The summed E-state index contributed by atoms with van der Waals surface area (Å²) in [5, 5.41) is 3.50. The van der Waals surface area contributed by atoms with Crippen LogP contribution in [0.3, 0.4) is 0 Å². The molecule has 0 aliphatic rings. The molecule has 1 aromatic heterocycles. The van der Waals surface area contributed by atoms with E-state index in [-0.39, 0.29) is 0 Å². The van der Waals surface area contributed by atoms with Crippen molar-refractivity contribution in [2.75, 3.05) is 20.6 Å². The summed E-state index contributed by atoms with van der Waals surface area (Å²) in [4.78, 5) is 2.17. The van der Waals surface area contributed by atoms with E-state index in [0.29, 0.717) is 12.1 Å². The van der Waals surface area contributed by atoms with Gasteiger partial charge in [0.2, 0.25) is 0 Å². The lowest BCUT2D eigenvalue weighted by Gasteiger charge is -2.24. The fraction of sp³-hybridized carbons (Fsp3) is 0.667. The van der Waals surface area contributed by atoms with Gasteiger partial charge in [0, 0.05) is 12.6 Å². The van der Waals surface area contributed by atoms with E-state index in [1.807, 2.05) is 12.1 Å². The third-order valence-electron chi connectivity index (χ3n) is 2.77. The molecule has 0 aliphatic heterocycles. The topological polar surface area (TPSA) is 28.4 Å². The second-order valence-electron chi connectivity index (χ2n) is 4.21. The van der Waals surface area contributed by atoms with E-state index in [9.17, 15) is 0 Å². The van der Waals surface area contributed by atoms with Crippen LogP contribution in [0, 0.1) is 0 Å². The highest BCUT2D eigenvalue weighted by Gasteiger charge is 2.16. The van der Waals surface area contributed by atoms with E-state index >= 15 is 0 Å². The van der Waals surface area contributed by atoms with Gasteiger partial charge in [-0.3, -0.25) is 4.90 Å². The van der Waals surface area contributed by atoms with Crippen LogP contribution >= 0.6 is 0 Å². The highest BCUT2D eigenvalue weighted by molar-refractivity contribution is 5.05. The summed E-state index contributed by atoms with van der Waals surface area (Å²) in [6.07, 6.45) is 2.88. The molecular weight excluding hydrogens is 188 g/mol. The minimum atomic E-state index is 0.314. The van der Waals surface area contributed by atoms with Gasteiger partial charge in [-0.05, 0) is 39.6 Å². The highest BCUT2D eigenvalue weighted by atomic mass is 16.3. The van der Waals surface area contributed by atoms with Crippen LogP contribution in [0.25, 0.3) is 0 Å². The fourth-order valence-corrected chi connectivity index (χ4v) is 1.48. The zero-order valence-corrected chi connectivity index (χ0v) is 10.2. The van der Waals surface area contributed by atoms with Gasteiger partial charge in [-0.15, -0.1) is 0 Å². The molecule has 0 fully saturated rings. The van der Waals surface area contributed by atoms with Crippen LogP contribution in [0.4, 0.5) is 0 Å². The molecule has 15 heavy (non-hydrogen) atoms. The summed E-state index contributed by atoms with van der Waals surface area (Å²) in [6.45, 7) is 5.32. The van der Waals surface area contributed by atoms with Gasteiger partial charge in [-0.2, -0.15) is 0 Å². The van der Waals surface area contributed by atoms with E-state index in [0.717, 1.165) is 18.7 Å². The Hall–Kier alpha value is -0.800. The van der Waals surface area contributed by atoms with Gasteiger partial charge < -0.3 is 9.73 Å². The van der Waals surface area contributed by atoms with E-state index < -0.39 is 0 Å². The summed E-state index contributed by atoms with van der Waals surface area (Å²) < 4.78 is 5.44. The van der Waals surface area contributed by atoms with Crippen LogP contribution in [0.5, 0.6) is 0 Å². The average molecular weight is 210 g/mol. The first kappa shape index (κ1) is 12.3. The van der Waals surface area contributed by atoms with Gasteiger partial charge >= 0.3 is 0 Å². The van der Waals surface area contributed by atoms with Crippen molar-refractivity contribution in [3.05, 3.63) is 24.2 Å². The Kier molecular flexibility index (Phi) is 4.85. The van der Waals surface area contributed by atoms with Crippen LogP contribution < -0.4 is 5.32 Å². The lowest BCUT2D eigenvalue weighted by atomic mass is 10.2. The van der Waals surface area contributed by atoms with Crippen LogP contribution in [-0.4, -0.2) is 31.6 Å². The van der Waals surface area contributed by atoms with Gasteiger partial charge in [0.25, 0.3) is 0 Å². The number of hydrogen-bond donors (Lipinski definition) is 1. The number of nitrogens with zero attached hydrogens (tertiary/aromatic N) is 1. The standard InChI is InChI=1S/C12H22N2O/c1-5-10(2)13-9-11(14(3)4)12-7-6-8-15-12/h6-8,10-11,13H,5,9H2,1-4H3/t10-,11-/m1/s1. The van der Waals surface area contributed by atoms with E-state index in [1.165, 1.54) is 0 Å². The van der Waals surface area contributed by atoms with Gasteiger partial charge in [0.15, 0.2) is 0 Å². The molecular formula is C12H22N2O. The number of likely N-dealkylation sites (N-methyl/N-ethyl adjacent to an activating group) is 1. The Morgan fingerprint density at radius 1 is 1.47 bits per heavy atom. The van der Waals surface area contributed by atoms with Gasteiger partial charge in [-0.1, -0.05) is 6.92 Å². The predicted molar refractivity (Wildman–Crippen MR) is 62.9 cm³/mol. The maximum absolute atomic E-state index is 5.44. The molecule has 0 unspecified atom stereocenters. The molecule has 1 heterocycles. The molecule has 0 saturated heterocycles. The van der Waals surface area contributed by atoms with Gasteiger partial charge in [0.05, 0.1) is 12.3 Å². The van der Waals surface area contributed by atoms with Crippen molar-refractivity contribution in [3.63, 3.8) is 0 Å². The fourth-order valence-electron chi connectivity index (χ4n) is 1.48. The normalized spacial score (nSPS) is 15.5. The molecule has 3 heteroatoms. The summed E-state index contributed by atoms with van der Waals surface area (Å²) in [5.74, 6) is 1.02. The quantitative estimate of drug-likeness (QED) is 0.780. The van der Waals surface area contributed by atoms with Crippen molar-refractivity contribution >= 4 is 0 Å². The second kappa shape index (κ2) is 5.93. The Morgan fingerprint density at radius 2 is 2.20 bits per heavy atom. The molecule has 0 saturated carbocycles. The molecule has 0 aromatic carbocycles. The molecule has 1 aromatic rings. The predicted octanol–water partition coefficient (Wildman–Crippen LogP) is 2.27. The molecule has 0 spiro atoms. The van der Waals surface area contributed by atoms with Crippen molar-refractivity contribution in [1.82, 2.24) is 10.2 Å². The van der Waals surface area contributed by atoms with Crippen LogP contribution in [-0.2, 0) is 0 Å². The Balaban J connectivity index is 2.53. The lowest BCUT2D eigenvalue weighted by molar-refractivity contribution is 0.244. The second-order valence-corrected chi connectivity index (χ2v) is 4.21.